The number of hydrogen-bond acceptors (Lipinski definition) is 3. The molecule has 1 aromatic heterocycles. The van der Waals surface area contributed by atoms with Crippen LogP contribution in [-0.4, -0.2) is 16.7 Å². The fraction of sp³-hybridized carbons (Fsp3) is 0.562. The fourth-order valence-corrected chi connectivity index (χ4v) is 4.03. The molecule has 2 aliphatic rings. The van der Waals surface area contributed by atoms with Crippen molar-refractivity contribution in [2.75, 3.05) is 5.32 Å². The van der Waals surface area contributed by atoms with Crippen molar-refractivity contribution >= 4 is 17.5 Å². The minimum Gasteiger partial charge on any atom is -0.310 e. The van der Waals surface area contributed by atoms with Gasteiger partial charge in [0.25, 0.3) is 0 Å². The van der Waals surface area contributed by atoms with Crippen LogP contribution in [0.3, 0.4) is 0 Å². The van der Waals surface area contributed by atoms with Gasteiger partial charge in [0.15, 0.2) is 0 Å². The van der Waals surface area contributed by atoms with Crippen molar-refractivity contribution in [2.45, 2.75) is 40.0 Å². The summed E-state index contributed by atoms with van der Waals surface area (Å²) in [5.74, 6) is 0.719. The van der Waals surface area contributed by atoms with Gasteiger partial charge in [-0.3, -0.25) is 9.59 Å². The molecule has 1 aromatic rings. The molecule has 0 aliphatic heterocycles. The van der Waals surface area contributed by atoms with Gasteiger partial charge in [0, 0.05) is 18.0 Å². The Labute approximate surface area is 119 Å². The number of hydrogen-bond donors (Lipinski definition) is 1. The summed E-state index contributed by atoms with van der Waals surface area (Å²) in [5, 5.41) is 2.89. The first-order valence-corrected chi connectivity index (χ1v) is 7.09. The van der Waals surface area contributed by atoms with E-state index >= 15 is 0 Å². The Morgan fingerprint density at radius 2 is 2.00 bits per heavy atom. The first kappa shape index (κ1) is 13.3. The Hall–Kier alpha value is -1.71. The van der Waals surface area contributed by atoms with E-state index in [1.807, 2.05) is 19.1 Å². The lowest BCUT2D eigenvalue weighted by molar-refractivity contribution is -0.131. The topological polar surface area (TPSA) is 59.1 Å². The van der Waals surface area contributed by atoms with Gasteiger partial charge in [-0.05, 0) is 30.4 Å². The molecule has 106 valence electrons. The maximum atomic E-state index is 12.8. The number of carbonyl (C=O) groups excluding carboxylic acids is 2. The van der Waals surface area contributed by atoms with Crippen molar-refractivity contribution in [1.82, 2.24) is 4.98 Å². The number of amides is 1. The average molecular weight is 272 g/mol. The molecule has 2 atom stereocenters. The number of nitrogens with zero attached hydrogens (tertiary/aromatic N) is 1. The van der Waals surface area contributed by atoms with E-state index in [9.17, 15) is 9.59 Å². The highest BCUT2D eigenvalue weighted by Gasteiger charge is 2.72. The largest absolute Gasteiger partial charge is 0.310 e. The first-order valence-electron chi connectivity index (χ1n) is 7.09. The molecular formula is C16H20N2O2. The minimum atomic E-state index is -0.587. The van der Waals surface area contributed by atoms with Crippen LogP contribution in [0, 0.1) is 16.2 Å². The highest BCUT2D eigenvalue weighted by molar-refractivity contribution is 6.04. The predicted molar refractivity (Wildman–Crippen MR) is 76.0 cm³/mol. The third kappa shape index (κ3) is 1.39. The summed E-state index contributed by atoms with van der Waals surface area (Å²) in [7, 11) is 0. The first-order chi connectivity index (χ1) is 9.33. The average Bonchev–Trinajstić information content (AvgIpc) is 2.70. The molecule has 1 amide bonds. The quantitative estimate of drug-likeness (QED) is 0.900. The maximum absolute atomic E-state index is 12.8. The zero-order chi connectivity index (χ0) is 14.6. The van der Waals surface area contributed by atoms with E-state index in [0.29, 0.717) is 12.2 Å². The van der Waals surface area contributed by atoms with E-state index < -0.39 is 5.41 Å². The molecule has 1 N–H and O–H groups in total. The van der Waals surface area contributed by atoms with Crippen LogP contribution in [0.1, 0.15) is 40.0 Å². The Balaban J connectivity index is 1.94. The molecule has 0 aromatic carbocycles. The lowest BCUT2D eigenvalue weighted by atomic mass is 9.64. The van der Waals surface area contributed by atoms with E-state index in [-0.39, 0.29) is 22.5 Å². The highest BCUT2D eigenvalue weighted by Crippen LogP contribution is 2.70. The van der Waals surface area contributed by atoms with Crippen molar-refractivity contribution in [3.8, 4) is 0 Å². The third-order valence-electron chi connectivity index (χ3n) is 6.05. The van der Waals surface area contributed by atoms with Gasteiger partial charge in [-0.25, -0.2) is 4.98 Å². The summed E-state index contributed by atoms with van der Waals surface area (Å²) in [6.45, 7) is 6.13. The number of nitrogens with one attached hydrogen (secondary N) is 1. The zero-order valence-corrected chi connectivity index (χ0v) is 12.2. The van der Waals surface area contributed by atoms with E-state index in [1.54, 1.807) is 12.3 Å². The number of anilines is 1. The SMILES string of the molecule is CC1(C)[C@]2(C(=O)Nc3ccccn3)CC[C@]1(C)C(=O)C2. The molecule has 3 rings (SSSR count). The second-order valence-electron chi connectivity index (χ2n) is 6.81. The molecule has 0 radical (unpaired) electrons. The maximum Gasteiger partial charge on any atom is 0.232 e. The Bertz CT molecular complexity index is 581. The predicted octanol–water partition coefficient (Wildman–Crippen LogP) is 2.81. The standard InChI is InChI=1S/C16H20N2O2/c1-14(2)15(3)7-8-16(14,10-11(15)19)13(20)18-12-6-4-5-9-17-12/h4-6,9H,7-8,10H2,1-3H3,(H,17,18,20)/t15-,16-/m1/s1. The highest BCUT2D eigenvalue weighted by atomic mass is 16.2. The van der Waals surface area contributed by atoms with Crippen LogP contribution in [0.25, 0.3) is 0 Å². The van der Waals surface area contributed by atoms with Crippen molar-refractivity contribution in [3.05, 3.63) is 24.4 Å². The van der Waals surface area contributed by atoms with Gasteiger partial charge in [0.1, 0.15) is 11.6 Å². The van der Waals surface area contributed by atoms with Crippen LogP contribution in [-0.2, 0) is 9.59 Å². The molecule has 20 heavy (non-hydrogen) atoms. The van der Waals surface area contributed by atoms with E-state index in [1.165, 1.54) is 0 Å². The molecular weight excluding hydrogens is 252 g/mol. The van der Waals surface area contributed by atoms with Crippen LogP contribution < -0.4 is 5.32 Å². The number of rotatable bonds is 2. The summed E-state index contributed by atoms with van der Waals surface area (Å²) in [5.41, 5.74) is -1.26. The van der Waals surface area contributed by atoms with Crippen LogP contribution in [0.4, 0.5) is 5.82 Å². The van der Waals surface area contributed by atoms with Gasteiger partial charge in [-0.2, -0.15) is 0 Å². The monoisotopic (exact) mass is 272 g/mol. The summed E-state index contributed by atoms with van der Waals surface area (Å²) in [6.07, 6.45) is 3.58. The second kappa shape index (κ2) is 3.90. The minimum absolute atomic E-state index is 0.0595. The summed E-state index contributed by atoms with van der Waals surface area (Å²) >= 11 is 0. The summed E-state index contributed by atoms with van der Waals surface area (Å²) in [6, 6.07) is 5.42. The van der Waals surface area contributed by atoms with Crippen LogP contribution in [0.2, 0.25) is 0 Å². The number of carbonyl (C=O) groups is 2. The lowest BCUT2D eigenvalue weighted by Gasteiger charge is -2.38. The number of aromatic nitrogens is 1. The number of pyridine rings is 1. The molecule has 2 fully saturated rings. The Morgan fingerprint density at radius 3 is 2.50 bits per heavy atom. The molecule has 1 heterocycles. The van der Waals surface area contributed by atoms with Gasteiger partial charge < -0.3 is 5.32 Å². The molecule has 4 heteroatoms. The molecule has 2 bridgehead atoms. The van der Waals surface area contributed by atoms with Gasteiger partial charge in [0.2, 0.25) is 5.91 Å². The van der Waals surface area contributed by atoms with Crippen molar-refractivity contribution in [1.29, 1.82) is 0 Å². The Morgan fingerprint density at radius 1 is 1.25 bits per heavy atom. The smallest absolute Gasteiger partial charge is 0.232 e. The number of fused-ring (bicyclic) bond motifs is 2. The lowest BCUT2D eigenvalue weighted by Crippen LogP contribution is -2.43. The number of ketones is 1. The number of Topliss-reactive ketones (excluding diaryl/α,β-unsaturated/α-hetero) is 1. The molecule has 2 aliphatic carbocycles. The molecule has 4 nitrogen and oxygen atoms in total. The summed E-state index contributed by atoms with van der Waals surface area (Å²) < 4.78 is 0. The van der Waals surface area contributed by atoms with Gasteiger partial charge in [-0.15, -0.1) is 0 Å². The van der Waals surface area contributed by atoms with Gasteiger partial charge in [0.05, 0.1) is 5.41 Å². The molecule has 0 spiro atoms. The van der Waals surface area contributed by atoms with Gasteiger partial charge in [-0.1, -0.05) is 26.8 Å². The normalized spacial score (nSPS) is 34.2. The molecule has 2 saturated carbocycles. The van der Waals surface area contributed by atoms with Crippen molar-refractivity contribution in [3.63, 3.8) is 0 Å². The summed E-state index contributed by atoms with van der Waals surface area (Å²) in [4.78, 5) is 29.3. The van der Waals surface area contributed by atoms with Gasteiger partial charge >= 0.3 is 0 Å². The van der Waals surface area contributed by atoms with Crippen LogP contribution >= 0.6 is 0 Å². The molecule has 0 saturated heterocycles. The zero-order valence-electron chi connectivity index (χ0n) is 12.2. The van der Waals surface area contributed by atoms with E-state index in [2.05, 4.69) is 24.1 Å². The van der Waals surface area contributed by atoms with Crippen LogP contribution in [0.15, 0.2) is 24.4 Å². The van der Waals surface area contributed by atoms with Crippen molar-refractivity contribution < 1.29 is 9.59 Å². The third-order valence-corrected chi connectivity index (χ3v) is 6.05. The van der Waals surface area contributed by atoms with E-state index in [4.69, 9.17) is 0 Å². The molecule has 0 unspecified atom stereocenters. The van der Waals surface area contributed by atoms with Crippen LogP contribution in [0.5, 0.6) is 0 Å². The van der Waals surface area contributed by atoms with E-state index in [0.717, 1.165) is 12.8 Å². The fourth-order valence-electron chi connectivity index (χ4n) is 4.03. The van der Waals surface area contributed by atoms with Crippen molar-refractivity contribution in [2.24, 2.45) is 16.2 Å². The Kier molecular flexibility index (Phi) is 2.59. The second-order valence-corrected chi connectivity index (χ2v) is 6.81.